The molecule has 0 aliphatic rings. The van der Waals surface area contributed by atoms with Crippen molar-refractivity contribution in [3.63, 3.8) is 0 Å². The van der Waals surface area contributed by atoms with Gasteiger partial charge >= 0.3 is 5.97 Å². The molecular formula is C9H9N3O6. The zero-order valence-corrected chi connectivity index (χ0v) is 9.03. The number of carboxylic acid groups (broad SMARTS) is 1. The molecular weight excluding hydrogens is 246 g/mol. The van der Waals surface area contributed by atoms with Gasteiger partial charge in [0.25, 0.3) is 11.4 Å². The summed E-state index contributed by atoms with van der Waals surface area (Å²) in [6.07, 6.45) is 0. The van der Waals surface area contributed by atoms with Crippen LogP contribution in [0, 0.1) is 20.2 Å². The molecule has 0 fully saturated rings. The smallest absolute Gasteiger partial charge is 0.317 e. The van der Waals surface area contributed by atoms with E-state index in [1.54, 1.807) is 0 Å². The van der Waals surface area contributed by atoms with Crippen molar-refractivity contribution in [2.75, 3.05) is 6.54 Å². The molecule has 2 N–H and O–H groups in total. The van der Waals surface area contributed by atoms with Crippen LogP contribution in [0.15, 0.2) is 18.2 Å². The molecule has 1 aromatic carbocycles. The second kappa shape index (κ2) is 5.68. The molecule has 0 atom stereocenters. The Morgan fingerprint density at radius 1 is 1.28 bits per heavy atom. The standard InChI is InChI=1S/C9H9N3O6/c13-9(14)5-10-4-6-1-2-7(11(15)16)3-8(6)12(17)18/h1-3,10H,4-5H2,(H,13,14). The van der Waals surface area contributed by atoms with Crippen LogP contribution in [0.4, 0.5) is 11.4 Å². The van der Waals surface area contributed by atoms with E-state index < -0.39 is 21.5 Å². The predicted molar refractivity (Wildman–Crippen MR) is 59.1 cm³/mol. The van der Waals surface area contributed by atoms with Gasteiger partial charge in [0.1, 0.15) is 0 Å². The van der Waals surface area contributed by atoms with Crippen molar-refractivity contribution in [1.29, 1.82) is 0 Å². The number of nitrogens with zero attached hydrogens (tertiary/aromatic N) is 2. The van der Waals surface area contributed by atoms with E-state index in [-0.39, 0.29) is 24.3 Å². The summed E-state index contributed by atoms with van der Waals surface area (Å²) >= 11 is 0. The van der Waals surface area contributed by atoms with E-state index in [4.69, 9.17) is 5.11 Å². The Balaban J connectivity index is 2.93. The highest BCUT2D eigenvalue weighted by Gasteiger charge is 2.18. The van der Waals surface area contributed by atoms with Gasteiger partial charge < -0.3 is 10.4 Å². The first-order valence-corrected chi connectivity index (χ1v) is 4.76. The van der Waals surface area contributed by atoms with Gasteiger partial charge in [-0.25, -0.2) is 0 Å². The lowest BCUT2D eigenvalue weighted by Gasteiger charge is -2.03. The lowest BCUT2D eigenvalue weighted by molar-refractivity contribution is -0.394. The molecule has 0 unspecified atom stereocenters. The number of aliphatic carboxylic acids is 1. The fourth-order valence-electron chi connectivity index (χ4n) is 1.29. The van der Waals surface area contributed by atoms with Gasteiger partial charge in [-0.15, -0.1) is 0 Å². The fourth-order valence-corrected chi connectivity index (χ4v) is 1.29. The Labute approximate surface area is 100 Å². The minimum Gasteiger partial charge on any atom is -0.480 e. The van der Waals surface area contributed by atoms with Crippen LogP contribution in [0.5, 0.6) is 0 Å². The third kappa shape index (κ3) is 3.49. The van der Waals surface area contributed by atoms with E-state index >= 15 is 0 Å². The summed E-state index contributed by atoms with van der Waals surface area (Å²) in [5.41, 5.74) is -0.613. The summed E-state index contributed by atoms with van der Waals surface area (Å²) in [5.74, 6) is -1.10. The predicted octanol–water partition coefficient (Wildman–Crippen LogP) is 0.677. The van der Waals surface area contributed by atoms with Crippen LogP contribution in [0.2, 0.25) is 0 Å². The van der Waals surface area contributed by atoms with Crippen molar-refractivity contribution in [3.05, 3.63) is 44.0 Å². The van der Waals surface area contributed by atoms with Crippen LogP contribution in [-0.4, -0.2) is 27.5 Å². The van der Waals surface area contributed by atoms with Gasteiger partial charge in [0.05, 0.1) is 22.5 Å². The first-order chi connectivity index (χ1) is 8.41. The van der Waals surface area contributed by atoms with Gasteiger partial charge in [0, 0.05) is 18.2 Å². The average molecular weight is 255 g/mol. The highest BCUT2D eigenvalue weighted by Crippen LogP contribution is 2.24. The number of carbonyl (C=O) groups is 1. The molecule has 18 heavy (non-hydrogen) atoms. The molecule has 0 amide bonds. The van der Waals surface area contributed by atoms with E-state index in [1.165, 1.54) is 6.07 Å². The third-order valence-electron chi connectivity index (χ3n) is 2.07. The number of rotatable bonds is 6. The second-order valence-corrected chi connectivity index (χ2v) is 3.32. The molecule has 0 bridgehead atoms. The lowest BCUT2D eigenvalue weighted by atomic mass is 10.1. The van der Waals surface area contributed by atoms with Crippen molar-refractivity contribution >= 4 is 17.3 Å². The minimum absolute atomic E-state index is 0.0550. The Kier molecular flexibility index (Phi) is 4.27. The zero-order valence-electron chi connectivity index (χ0n) is 9.03. The zero-order chi connectivity index (χ0) is 13.7. The molecule has 0 heterocycles. The number of carboxylic acids is 1. The van der Waals surface area contributed by atoms with Crippen LogP contribution in [0.1, 0.15) is 5.56 Å². The molecule has 0 saturated carbocycles. The average Bonchev–Trinajstić information content (AvgIpc) is 2.28. The van der Waals surface area contributed by atoms with Gasteiger partial charge in [-0.2, -0.15) is 0 Å². The van der Waals surface area contributed by atoms with Gasteiger partial charge in [0.15, 0.2) is 0 Å². The van der Waals surface area contributed by atoms with Crippen LogP contribution < -0.4 is 5.32 Å². The summed E-state index contributed by atoms with van der Waals surface area (Å²) in [4.78, 5) is 30.0. The van der Waals surface area contributed by atoms with Crippen LogP contribution in [0.25, 0.3) is 0 Å². The number of benzene rings is 1. The molecule has 0 spiro atoms. The van der Waals surface area contributed by atoms with E-state index in [2.05, 4.69) is 5.32 Å². The summed E-state index contributed by atoms with van der Waals surface area (Å²) in [6.45, 7) is -0.408. The summed E-state index contributed by atoms with van der Waals surface area (Å²) in [7, 11) is 0. The minimum atomic E-state index is -1.10. The number of hydrogen-bond acceptors (Lipinski definition) is 6. The Morgan fingerprint density at radius 3 is 2.44 bits per heavy atom. The highest BCUT2D eigenvalue weighted by atomic mass is 16.6. The molecule has 9 nitrogen and oxygen atoms in total. The Hall–Kier alpha value is -2.55. The van der Waals surface area contributed by atoms with Crippen molar-refractivity contribution in [2.45, 2.75) is 6.54 Å². The first-order valence-electron chi connectivity index (χ1n) is 4.76. The summed E-state index contributed by atoms with van der Waals surface area (Å²) in [6, 6.07) is 3.20. The van der Waals surface area contributed by atoms with Crippen molar-refractivity contribution in [1.82, 2.24) is 5.32 Å². The number of nitrogens with one attached hydrogen (secondary N) is 1. The number of nitro benzene ring substituents is 2. The molecule has 0 aliphatic carbocycles. The van der Waals surface area contributed by atoms with Gasteiger partial charge in [-0.3, -0.25) is 25.0 Å². The topological polar surface area (TPSA) is 136 Å². The van der Waals surface area contributed by atoms with E-state index in [9.17, 15) is 25.0 Å². The normalized spacial score (nSPS) is 10.0. The largest absolute Gasteiger partial charge is 0.480 e. The summed E-state index contributed by atoms with van der Waals surface area (Å²) in [5, 5.41) is 32.1. The molecule has 9 heteroatoms. The molecule has 1 aromatic rings. The maximum absolute atomic E-state index is 10.7. The van der Waals surface area contributed by atoms with Crippen molar-refractivity contribution < 1.29 is 19.7 Å². The monoisotopic (exact) mass is 255 g/mol. The molecule has 1 rings (SSSR count). The molecule has 0 aromatic heterocycles. The van der Waals surface area contributed by atoms with E-state index in [0.717, 1.165) is 12.1 Å². The molecule has 0 aliphatic heterocycles. The Bertz CT molecular complexity index is 501. The molecule has 0 saturated heterocycles. The Morgan fingerprint density at radius 2 is 1.94 bits per heavy atom. The van der Waals surface area contributed by atoms with Gasteiger partial charge in [0.2, 0.25) is 0 Å². The van der Waals surface area contributed by atoms with Gasteiger partial charge in [-0.05, 0) is 6.07 Å². The first kappa shape index (κ1) is 13.5. The van der Waals surface area contributed by atoms with E-state index in [1.807, 2.05) is 0 Å². The maximum Gasteiger partial charge on any atom is 0.317 e. The SMILES string of the molecule is O=C(O)CNCc1ccc([N+](=O)[O-])cc1[N+](=O)[O-]. The number of hydrogen-bond donors (Lipinski definition) is 2. The third-order valence-corrected chi connectivity index (χ3v) is 2.07. The molecule has 0 radical (unpaired) electrons. The van der Waals surface area contributed by atoms with E-state index in [0.29, 0.717) is 0 Å². The van der Waals surface area contributed by atoms with Crippen LogP contribution in [0.3, 0.4) is 0 Å². The van der Waals surface area contributed by atoms with Gasteiger partial charge in [-0.1, -0.05) is 0 Å². The van der Waals surface area contributed by atoms with Crippen molar-refractivity contribution in [2.24, 2.45) is 0 Å². The van der Waals surface area contributed by atoms with Crippen LogP contribution in [-0.2, 0) is 11.3 Å². The lowest BCUT2D eigenvalue weighted by Crippen LogP contribution is -2.22. The molecule has 96 valence electrons. The summed E-state index contributed by atoms with van der Waals surface area (Å²) < 4.78 is 0. The number of non-ortho nitro benzene ring substituents is 1. The van der Waals surface area contributed by atoms with Crippen molar-refractivity contribution in [3.8, 4) is 0 Å². The van der Waals surface area contributed by atoms with Crippen LogP contribution >= 0.6 is 0 Å². The quantitative estimate of drug-likeness (QED) is 0.563. The second-order valence-electron chi connectivity index (χ2n) is 3.32. The highest BCUT2D eigenvalue weighted by molar-refractivity contribution is 5.69. The maximum atomic E-state index is 10.7. The number of nitro groups is 2. The fraction of sp³-hybridized carbons (Fsp3) is 0.222.